The Morgan fingerprint density at radius 1 is 1.04 bits per heavy atom. The molecule has 0 radical (unpaired) electrons. The topological polar surface area (TPSA) is 50.4 Å². The summed E-state index contributed by atoms with van der Waals surface area (Å²) >= 11 is 0. The first-order chi connectivity index (χ1) is 12.7. The van der Waals surface area contributed by atoms with Crippen LogP contribution in [0.25, 0.3) is 0 Å². The van der Waals surface area contributed by atoms with Gasteiger partial charge in [0.2, 0.25) is 5.91 Å². The van der Waals surface area contributed by atoms with E-state index in [0.717, 1.165) is 24.2 Å². The molecule has 1 aliphatic rings. The Balaban J connectivity index is 1.57. The zero-order valence-electron chi connectivity index (χ0n) is 15.5. The number of hydrogen-bond donors (Lipinski definition) is 2. The van der Waals surface area contributed by atoms with Crippen molar-refractivity contribution in [1.82, 2.24) is 10.6 Å². The minimum atomic E-state index is -0.0766. The van der Waals surface area contributed by atoms with Crippen LogP contribution in [0.4, 0.5) is 0 Å². The lowest BCUT2D eigenvalue weighted by atomic mass is 9.76. The molecule has 0 saturated heterocycles. The van der Waals surface area contributed by atoms with Gasteiger partial charge < -0.3 is 10.1 Å². The molecular weight excluding hydrogens is 324 g/mol. The Morgan fingerprint density at radius 3 is 2.54 bits per heavy atom. The number of ether oxygens (including phenoxy) is 1. The average molecular weight is 352 g/mol. The molecule has 4 nitrogen and oxygen atoms in total. The van der Waals surface area contributed by atoms with Crippen LogP contribution >= 0.6 is 0 Å². The highest BCUT2D eigenvalue weighted by molar-refractivity contribution is 5.78. The summed E-state index contributed by atoms with van der Waals surface area (Å²) in [5, 5.41) is 6.57. The van der Waals surface area contributed by atoms with Gasteiger partial charge in [0.25, 0.3) is 0 Å². The van der Waals surface area contributed by atoms with Gasteiger partial charge in [-0.05, 0) is 36.1 Å². The molecule has 2 aromatic carbocycles. The van der Waals surface area contributed by atoms with E-state index in [-0.39, 0.29) is 11.4 Å². The van der Waals surface area contributed by atoms with Crippen LogP contribution in [0.1, 0.15) is 43.2 Å². The molecule has 138 valence electrons. The maximum Gasteiger partial charge on any atom is 0.234 e. The van der Waals surface area contributed by atoms with E-state index in [9.17, 15) is 4.79 Å². The smallest absolute Gasteiger partial charge is 0.234 e. The van der Waals surface area contributed by atoms with Gasteiger partial charge >= 0.3 is 0 Å². The molecule has 0 atom stereocenters. The fourth-order valence-electron chi connectivity index (χ4n) is 3.78. The van der Waals surface area contributed by atoms with Gasteiger partial charge in [-0.1, -0.05) is 61.7 Å². The molecule has 1 aliphatic carbocycles. The second kappa shape index (κ2) is 8.86. The maximum absolute atomic E-state index is 12.4. The Kier molecular flexibility index (Phi) is 6.29. The third-order valence-electron chi connectivity index (χ3n) is 5.24. The summed E-state index contributed by atoms with van der Waals surface area (Å²) in [5.74, 6) is 0.828. The molecule has 0 unspecified atom stereocenters. The molecule has 1 saturated carbocycles. The number of hydrogen-bond acceptors (Lipinski definition) is 3. The van der Waals surface area contributed by atoms with Crippen molar-refractivity contribution in [2.45, 2.75) is 44.2 Å². The SMILES string of the molecule is COc1cccc(CNC(=O)CNC2(c3ccccc3)CCCCC2)c1. The van der Waals surface area contributed by atoms with E-state index < -0.39 is 0 Å². The number of nitrogens with one attached hydrogen (secondary N) is 2. The van der Waals surface area contributed by atoms with E-state index in [1.54, 1.807) is 7.11 Å². The first kappa shape index (κ1) is 18.5. The second-order valence-corrected chi connectivity index (χ2v) is 6.99. The molecule has 3 rings (SSSR count). The summed E-state index contributed by atoms with van der Waals surface area (Å²) in [7, 11) is 1.65. The fraction of sp³-hybridized carbons (Fsp3) is 0.409. The van der Waals surface area contributed by atoms with Crippen LogP contribution in [-0.2, 0) is 16.9 Å². The zero-order chi connectivity index (χ0) is 18.2. The predicted molar refractivity (Wildman–Crippen MR) is 104 cm³/mol. The monoisotopic (exact) mass is 352 g/mol. The van der Waals surface area contributed by atoms with Crippen LogP contribution in [0.5, 0.6) is 5.75 Å². The standard InChI is InChI=1S/C22H28N2O2/c1-26-20-12-8-9-18(15-20)16-23-21(25)17-24-22(13-6-3-7-14-22)19-10-4-2-5-11-19/h2,4-5,8-12,15,24H,3,6-7,13-14,16-17H2,1H3,(H,23,25). The quantitative estimate of drug-likeness (QED) is 0.798. The van der Waals surface area contributed by atoms with Gasteiger partial charge in [0.15, 0.2) is 0 Å². The van der Waals surface area contributed by atoms with E-state index in [4.69, 9.17) is 4.74 Å². The number of rotatable bonds is 7. The van der Waals surface area contributed by atoms with Crippen molar-refractivity contribution in [3.63, 3.8) is 0 Å². The molecule has 26 heavy (non-hydrogen) atoms. The summed E-state index contributed by atoms with van der Waals surface area (Å²) in [6, 6.07) is 18.3. The normalized spacial score (nSPS) is 16.0. The molecular formula is C22H28N2O2. The Morgan fingerprint density at radius 2 is 1.81 bits per heavy atom. The van der Waals surface area contributed by atoms with E-state index in [0.29, 0.717) is 13.1 Å². The molecule has 0 aliphatic heterocycles. The van der Waals surface area contributed by atoms with Crippen LogP contribution in [0, 0.1) is 0 Å². The van der Waals surface area contributed by atoms with Crippen molar-refractivity contribution in [2.24, 2.45) is 0 Å². The molecule has 1 fully saturated rings. The van der Waals surface area contributed by atoms with Crippen molar-refractivity contribution in [2.75, 3.05) is 13.7 Å². The van der Waals surface area contributed by atoms with Crippen LogP contribution in [0.3, 0.4) is 0 Å². The minimum Gasteiger partial charge on any atom is -0.497 e. The van der Waals surface area contributed by atoms with Gasteiger partial charge in [-0.2, -0.15) is 0 Å². The lowest BCUT2D eigenvalue weighted by Crippen LogP contribution is -2.48. The van der Waals surface area contributed by atoms with Crippen molar-refractivity contribution >= 4 is 5.91 Å². The van der Waals surface area contributed by atoms with Gasteiger partial charge in [-0.15, -0.1) is 0 Å². The second-order valence-electron chi connectivity index (χ2n) is 6.99. The van der Waals surface area contributed by atoms with E-state index in [2.05, 4.69) is 34.9 Å². The third-order valence-corrected chi connectivity index (χ3v) is 5.24. The highest BCUT2D eigenvalue weighted by Gasteiger charge is 2.33. The summed E-state index contributed by atoms with van der Waals surface area (Å²) in [5.41, 5.74) is 2.25. The highest BCUT2D eigenvalue weighted by Crippen LogP contribution is 2.36. The van der Waals surface area contributed by atoms with Crippen molar-refractivity contribution < 1.29 is 9.53 Å². The van der Waals surface area contributed by atoms with Crippen molar-refractivity contribution in [3.05, 3.63) is 65.7 Å². The summed E-state index contributed by atoms with van der Waals surface area (Å²) < 4.78 is 5.23. The Hall–Kier alpha value is -2.33. The fourth-order valence-corrected chi connectivity index (χ4v) is 3.78. The zero-order valence-corrected chi connectivity index (χ0v) is 15.5. The van der Waals surface area contributed by atoms with Crippen molar-refractivity contribution in [1.29, 1.82) is 0 Å². The lowest BCUT2D eigenvalue weighted by Gasteiger charge is -2.39. The lowest BCUT2D eigenvalue weighted by molar-refractivity contribution is -0.120. The Bertz CT molecular complexity index is 709. The Labute approximate surface area is 156 Å². The maximum atomic E-state index is 12.4. The molecule has 2 aromatic rings. The highest BCUT2D eigenvalue weighted by atomic mass is 16.5. The predicted octanol–water partition coefficient (Wildman–Crippen LogP) is 3.76. The molecule has 0 bridgehead atoms. The van der Waals surface area contributed by atoms with E-state index in [1.807, 2.05) is 30.3 Å². The first-order valence-corrected chi connectivity index (χ1v) is 9.42. The summed E-state index contributed by atoms with van der Waals surface area (Å²) in [6.45, 7) is 0.842. The van der Waals surface area contributed by atoms with Crippen LogP contribution in [0.2, 0.25) is 0 Å². The van der Waals surface area contributed by atoms with Gasteiger partial charge in [0.1, 0.15) is 5.75 Å². The van der Waals surface area contributed by atoms with E-state index in [1.165, 1.54) is 24.8 Å². The van der Waals surface area contributed by atoms with Crippen molar-refractivity contribution in [3.8, 4) is 5.75 Å². The summed E-state index contributed by atoms with van der Waals surface area (Å²) in [4.78, 5) is 12.4. The number of carbonyl (C=O) groups excluding carboxylic acids is 1. The molecule has 1 amide bonds. The van der Waals surface area contributed by atoms with Crippen LogP contribution in [-0.4, -0.2) is 19.6 Å². The van der Waals surface area contributed by atoms with E-state index >= 15 is 0 Å². The molecule has 0 spiro atoms. The van der Waals surface area contributed by atoms with Gasteiger partial charge in [-0.25, -0.2) is 0 Å². The third kappa shape index (κ3) is 4.64. The summed E-state index contributed by atoms with van der Waals surface area (Å²) in [6.07, 6.45) is 5.85. The number of carbonyl (C=O) groups is 1. The van der Waals surface area contributed by atoms with Crippen LogP contribution < -0.4 is 15.4 Å². The van der Waals surface area contributed by atoms with Gasteiger partial charge in [-0.3, -0.25) is 10.1 Å². The van der Waals surface area contributed by atoms with Gasteiger partial charge in [0, 0.05) is 12.1 Å². The molecule has 0 aromatic heterocycles. The number of benzene rings is 2. The minimum absolute atomic E-state index is 0.0219. The molecule has 4 heteroatoms. The van der Waals surface area contributed by atoms with Gasteiger partial charge in [0.05, 0.1) is 13.7 Å². The first-order valence-electron chi connectivity index (χ1n) is 9.42. The largest absolute Gasteiger partial charge is 0.497 e. The van der Waals surface area contributed by atoms with Crippen LogP contribution in [0.15, 0.2) is 54.6 Å². The number of amides is 1. The average Bonchev–Trinajstić information content (AvgIpc) is 2.72. The molecule has 2 N–H and O–H groups in total. The number of methoxy groups -OCH3 is 1. The molecule has 0 heterocycles.